The number of rotatable bonds is 5. The van der Waals surface area contributed by atoms with E-state index in [4.69, 9.17) is 0 Å². The maximum atomic E-state index is 3.83. The van der Waals surface area contributed by atoms with Crippen LogP contribution < -0.4 is 5.32 Å². The third-order valence-electron chi connectivity index (χ3n) is 4.81. The summed E-state index contributed by atoms with van der Waals surface area (Å²) in [5.41, 5.74) is 0. The van der Waals surface area contributed by atoms with Gasteiger partial charge in [-0.25, -0.2) is 0 Å². The van der Waals surface area contributed by atoms with Gasteiger partial charge in [-0.2, -0.15) is 0 Å². The molecule has 2 fully saturated rings. The number of hydrogen-bond donors (Lipinski definition) is 1. The molecule has 3 atom stereocenters. The van der Waals surface area contributed by atoms with Crippen LogP contribution in [0.5, 0.6) is 0 Å². The van der Waals surface area contributed by atoms with Crippen molar-refractivity contribution >= 4 is 0 Å². The summed E-state index contributed by atoms with van der Waals surface area (Å²) < 4.78 is 0. The van der Waals surface area contributed by atoms with E-state index < -0.39 is 0 Å². The zero-order valence-electron chi connectivity index (χ0n) is 11.3. The zero-order valence-corrected chi connectivity index (χ0v) is 11.3. The number of hydrogen-bond acceptors (Lipinski definition) is 1. The minimum Gasteiger partial charge on any atom is -0.314 e. The molecule has 0 heterocycles. The maximum absolute atomic E-state index is 3.83. The van der Waals surface area contributed by atoms with Gasteiger partial charge in [-0.1, -0.05) is 33.6 Å². The van der Waals surface area contributed by atoms with Crippen LogP contribution in [0.4, 0.5) is 0 Å². The summed E-state index contributed by atoms with van der Waals surface area (Å²) in [6.07, 6.45) is 8.73. The summed E-state index contributed by atoms with van der Waals surface area (Å²) in [5.74, 6) is 3.82. The lowest BCUT2D eigenvalue weighted by molar-refractivity contribution is 0.225. The van der Waals surface area contributed by atoms with E-state index in [1.54, 1.807) is 0 Å². The molecule has 2 rings (SSSR count). The molecule has 0 aliphatic heterocycles. The molecule has 0 bridgehead atoms. The van der Waals surface area contributed by atoms with Crippen LogP contribution in [0.2, 0.25) is 0 Å². The molecule has 3 unspecified atom stereocenters. The highest BCUT2D eigenvalue weighted by atomic mass is 14.9. The summed E-state index contributed by atoms with van der Waals surface area (Å²) in [6.45, 7) is 8.47. The van der Waals surface area contributed by atoms with Crippen LogP contribution in [0.15, 0.2) is 0 Å². The predicted molar refractivity (Wildman–Crippen MR) is 70.5 cm³/mol. The van der Waals surface area contributed by atoms with E-state index in [2.05, 4.69) is 26.1 Å². The van der Waals surface area contributed by atoms with Crippen molar-refractivity contribution in [3.8, 4) is 0 Å². The molecule has 0 saturated heterocycles. The van der Waals surface area contributed by atoms with Gasteiger partial charge in [-0.3, -0.25) is 0 Å². The van der Waals surface area contributed by atoms with Gasteiger partial charge in [-0.05, 0) is 55.9 Å². The monoisotopic (exact) mass is 223 g/mol. The third-order valence-corrected chi connectivity index (χ3v) is 4.81. The minimum atomic E-state index is 0.822. The van der Waals surface area contributed by atoms with Gasteiger partial charge in [0.2, 0.25) is 0 Å². The molecule has 0 amide bonds. The van der Waals surface area contributed by atoms with Crippen molar-refractivity contribution in [3.05, 3.63) is 0 Å². The Morgan fingerprint density at radius 1 is 1.00 bits per heavy atom. The van der Waals surface area contributed by atoms with Gasteiger partial charge >= 0.3 is 0 Å². The molecule has 0 aromatic heterocycles. The molecule has 1 heteroatoms. The molecule has 0 aromatic rings. The van der Waals surface area contributed by atoms with E-state index >= 15 is 0 Å². The van der Waals surface area contributed by atoms with Crippen molar-refractivity contribution in [2.24, 2.45) is 23.7 Å². The average Bonchev–Trinajstić information content (AvgIpc) is 3.10. The summed E-state index contributed by atoms with van der Waals surface area (Å²) in [6, 6.07) is 0.822. The second-order valence-electron chi connectivity index (χ2n) is 6.59. The van der Waals surface area contributed by atoms with Crippen LogP contribution in [-0.4, -0.2) is 12.6 Å². The molecular formula is C15H29N. The Bertz CT molecular complexity index is 207. The highest BCUT2D eigenvalue weighted by molar-refractivity contribution is 4.83. The Hall–Kier alpha value is -0.0400. The minimum absolute atomic E-state index is 0.822. The van der Waals surface area contributed by atoms with Gasteiger partial charge in [0.15, 0.2) is 0 Å². The van der Waals surface area contributed by atoms with Gasteiger partial charge in [0.05, 0.1) is 0 Å². The number of nitrogens with one attached hydrogen (secondary N) is 1. The first-order valence-electron chi connectivity index (χ1n) is 7.40. The second-order valence-corrected chi connectivity index (χ2v) is 6.59. The summed E-state index contributed by atoms with van der Waals surface area (Å²) in [7, 11) is 0. The van der Waals surface area contributed by atoms with Crippen molar-refractivity contribution < 1.29 is 0 Å². The fraction of sp³-hybridized carbons (Fsp3) is 1.00. The molecule has 0 radical (unpaired) electrons. The van der Waals surface area contributed by atoms with Crippen molar-refractivity contribution in [2.45, 2.75) is 65.3 Å². The van der Waals surface area contributed by atoms with E-state index in [9.17, 15) is 0 Å². The van der Waals surface area contributed by atoms with Gasteiger partial charge in [0.25, 0.3) is 0 Å². The van der Waals surface area contributed by atoms with Gasteiger partial charge in [-0.15, -0.1) is 0 Å². The molecule has 0 spiro atoms. The van der Waals surface area contributed by atoms with E-state index in [-0.39, 0.29) is 0 Å². The molecule has 2 aliphatic carbocycles. The van der Waals surface area contributed by atoms with E-state index in [0.29, 0.717) is 0 Å². The predicted octanol–water partition coefficient (Wildman–Crippen LogP) is 3.84. The van der Waals surface area contributed by atoms with Gasteiger partial charge in [0, 0.05) is 6.04 Å². The largest absolute Gasteiger partial charge is 0.314 e. The van der Waals surface area contributed by atoms with Gasteiger partial charge < -0.3 is 5.32 Å². The van der Waals surface area contributed by atoms with Crippen LogP contribution >= 0.6 is 0 Å². The molecule has 1 N–H and O–H groups in total. The fourth-order valence-corrected chi connectivity index (χ4v) is 3.20. The lowest BCUT2D eigenvalue weighted by Crippen LogP contribution is -2.38. The topological polar surface area (TPSA) is 12.0 Å². The van der Waals surface area contributed by atoms with Crippen molar-refractivity contribution in [3.63, 3.8) is 0 Å². The third kappa shape index (κ3) is 3.48. The van der Waals surface area contributed by atoms with Crippen molar-refractivity contribution in [1.29, 1.82) is 0 Å². The van der Waals surface area contributed by atoms with Crippen molar-refractivity contribution in [2.75, 3.05) is 6.54 Å². The van der Waals surface area contributed by atoms with Crippen LogP contribution in [0.1, 0.15) is 59.3 Å². The Morgan fingerprint density at radius 2 is 1.75 bits per heavy atom. The average molecular weight is 223 g/mol. The molecule has 1 nitrogen and oxygen atoms in total. The Balaban J connectivity index is 1.68. The van der Waals surface area contributed by atoms with Crippen molar-refractivity contribution in [1.82, 2.24) is 5.32 Å². The lowest BCUT2D eigenvalue weighted by atomic mass is 9.79. The molecule has 2 saturated carbocycles. The molecule has 0 aromatic carbocycles. The van der Waals surface area contributed by atoms with Crippen LogP contribution in [0, 0.1) is 23.7 Å². The molecule has 2 aliphatic rings. The summed E-state index contributed by atoms with van der Waals surface area (Å²) in [5, 5.41) is 3.83. The first kappa shape index (κ1) is 12.4. The molecular weight excluding hydrogens is 194 g/mol. The zero-order chi connectivity index (χ0) is 11.5. The normalized spacial score (nSPS) is 33.0. The SMILES string of the molecule is CC(C)C1CCCC(NCC(C)C2CC2)C1. The van der Waals surface area contributed by atoms with E-state index in [1.807, 2.05) is 0 Å². The Morgan fingerprint density at radius 3 is 2.38 bits per heavy atom. The van der Waals surface area contributed by atoms with Crippen LogP contribution in [-0.2, 0) is 0 Å². The van der Waals surface area contributed by atoms with E-state index in [0.717, 1.165) is 29.7 Å². The quantitative estimate of drug-likeness (QED) is 0.747. The first-order valence-corrected chi connectivity index (χ1v) is 7.40. The Labute approximate surface area is 101 Å². The molecule has 94 valence electrons. The molecule has 16 heavy (non-hydrogen) atoms. The standard InChI is InChI=1S/C15H29N/c1-11(2)14-5-4-6-15(9-14)16-10-12(3)13-7-8-13/h11-16H,4-10H2,1-3H3. The first-order chi connectivity index (χ1) is 7.66. The Kier molecular flexibility index (Phi) is 4.29. The summed E-state index contributed by atoms with van der Waals surface area (Å²) in [4.78, 5) is 0. The summed E-state index contributed by atoms with van der Waals surface area (Å²) >= 11 is 0. The van der Waals surface area contributed by atoms with Crippen LogP contribution in [0.25, 0.3) is 0 Å². The fourth-order valence-electron chi connectivity index (χ4n) is 3.20. The maximum Gasteiger partial charge on any atom is 0.00699 e. The van der Waals surface area contributed by atoms with E-state index in [1.165, 1.54) is 45.1 Å². The van der Waals surface area contributed by atoms with Gasteiger partial charge in [0.1, 0.15) is 0 Å². The van der Waals surface area contributed by atoms with Crippen LogP contribution in [0.3, 0.4) is 0 Å². The lowest BCUT2D eigenvalue weighted by Gasteiger charge is -2.33. The highest BCUT2D eigenvalue weighted by Gasteiger charge is 2.29. The smallest absolute Gasteiger partial charge is 0.00699 e. The second kappa shape index (κ2) is 5.53. The highest BCUT2D eigenvalue weighted by Crippen LogP contribution is 2.36.